The van der Waals surface area contributed by atoms with Crippen LogP contribution in [0.2, 0.25) is 0 Å². The Morgan fingerprint density at radius 1 is 1.42 bits per heavy atom. The van der Waals surface area contributed by atoms with Gasteiger partial charge in [0.25, 0.3) is 5.91 Å². The van der Waals surface area contributed by atoms with Crippen LogP contribution < -0.4 is 4.74 Å². The van der Waals surface area contributed by atoms with Crippen molar-refractivity contribution in [2.75, 3.05) is 20.2 Å². The molecule has 0 aliphatic heterocycles. The average molecular weight is 267 g/mol. The number of aromatic hydroxyl groups is 1. The van der Waals surface area contributed by atoms with Crippen LogP contribution in [-0.2, 0) is 0 Å². The molecule has 1 aromatic rings. The lowest BCUT2D eigenvalue weighted by atomic mass is 10.1. The van der Waals surface area contributed by atoms with Crippen LogP contribution >= 0.6 is 0 Å². The number of carbonyl (C=O) groups is 1. The number of benzene rings is 1. The van der Waals surface area contributed by atoms with E-state index in [9.17, 15) is 15.0 Å². The van der Waals surface area contributed by atoms with Crippen LogP contribution in [0.1, 0.15) is 31.1 Å². The van der Waals surface area contributed by atoms with Gasteiger partial charge in [0.1, 0.15) is 0 Å². The highest BCUT2D eigenvalue weighted by atomic mass is 16.5. The molecular formula is C14H21NO4. The van der Waals surface area contributed by atoms with Gasteiger partial charge in [0, 0.05) is 18.7 Å². The van der Waals surface area contributed by atoms with Gasteiger partial charge in [-0.1, -0.05) is 0 Å². The normalized spacial score (nSPS) is 11.2. The minimum absolute atomic E-state index is 0.0762. The molecule has 0 heterocycles. The third-order valence-electron chi connectivity index (χ3n) is 2.67. The van der Waals surface area contributed by atoms with E-state index in [0.29, 0.717) is 17.9 Å². The maximum Gasteiger partial charge on any atom is 0.254 e. The Kier molecular flexibility index (Phi) is 4.78. The smallest absolute Gasteiger partial charge is 0.254 e. The van der Waals surface area contributed by atoms with Gasteiger partial charge in [-0.15, -0.1) is 0 Å². The van der Waals surface area contributed by atoms with Gasteiger partial charge in [0.05, 0.1) is 12.7 Å². The third kappa shape index (κ3) is 4.13. The highest BCUT2D eigenvalue weighted by Gasteiger charge is 2.22. The van der Waals surface area contributed by atoms with Crippen LogP contribution in [0, 0.1) is 0 Å². The summed E-state index contributed by atoms with van der Waals surface area (Å²) in [5.74, 6) is 0.0114. The van der Waals surface area contributed by atoms with Crippen LogP contribution in [0.25, 0.3) is 0 Å². The molecule has 1 rings (SSSR count). The first-order valence-electron chi connectivity index (χ1n) is 6.17. The number of likely N-dealkylation sites (N-methyl/N-ethyl adjacent to an activating group) is 1. The van der Waals surface area contributed by atoms with Crippen molar-refractivity contribution in [1.29, 1.82) is 0 Å². The Morgan fingerprint density at radius 3 is 2.47 bits per heavy atom. The Hall–Kier alpha value is -1.75. The van der Waals surface area contributed by atoms with Crippen molar-refractivity contribution < 1.29 is 19.7 Å². The summed E-state index contributed by atoms with van der Waals surface area (Å²) in [4.78, 5) is 13.8. The summed E-state index contributed by atoms with van der Waals surface area (Å²) in [6.45, 7) is 5.85. The fourth-order valence-electron chi connectivity index (χ4n) is 1.80. The first kappa shape index (κ1) is 15.3. The summed E-state index contributed by atoms with van der Waals surface area (Å²) >= 11 is 0. The Morgan fingerprint density at radius 2 is 2.05 bits per heavy atom. The van der Waals surface area contributed by atoms with Crippen molar-refractivity contribution in [3.8, 4) is 11.5 Å². The molecule has 0 fully saturated rings. The van der Waals surface area contributed by atoms with Crippen molar-refractivity contribution >= 4 is 5.91 Å². The van der Waals surface area contributed by atoms with E-state index in [-0.39, 0.29) is 18.2 Å². The molecule has 5 nitrogen and oxygen atoms in total. The predicted molar refractivity (Wildman–Crippen MR) is 72.5 cm³/mol. The largest absolute Gasteiger partial charge is 0.504 e. The molecule has 0 saturated carbocycles. The SMILES string of the molecule is CCN(CC(C)(C)O)C(=O)c1ccc(OC)c(O)c1. The molecule has 0 aromatic heterocycles. The number of aliphatic hydroxyl groups is 1. The second kappa shape index (κ2) is 5.93. The van der Waals surface area contributed by atoms with Crippen LogP contribution in [-0.4, -0.2) is 46.8 Å². The third-order valence-corrected chi connectivity index (χ3v) is 2.67. The fourth-order valence-corrected chi connectivity index (χ4v) is 1.80. The maximum absolute atomic E-state index is 12.3. The summed E-state index contributed by atoms with van der Waals surface area (Å²) in [7, 11) is 1.45. The number of hydrogen-bond acceptors (Lipinski definition) is 4. The van der Waals surface area contributed by atoms with Crippen molar-refractivity contribution in [3.05, 3.63) is 23.8 Å². The van der Waals surface area contributed by atoms with Gasteiger partial charge < -0.3 is 19.8 Å². The van der Waals surface area contributed by atoms with E-state index < -0.39 is 5.60 Å². The zero-order chi connectivity index (χ0) is 14.6. The topological polar surface area (TPSA) is 70.0 Å². The minimum Gasteiger partial charge on any atom is -0.504 e. The van der Waals surface area contributed by atoms with E-state index in [1.165, 1.54) is 18.1 Å². The zero-order valence-electron chi connectivity index (χ0n) is 11.8. The van der Waals surface area contributed by atoms with E-state index in [2.05, 4.69) is 0 Å². The van der Waals surface area contributed by atoms with Gasteiger partial charge >= 0.3 is 0 Å². The fraction of sp³-hybridized carbons (Fsp3) is 0.500. The van der Waals surface area contributed by atoms with Crippen LogP contribution in [0.4, 0.5) is 0 Å². The molecular weight excluding hydrogens is 246 g/mol. The Bertz CT molecular complexity index is 451. The molecule has 1 amide bonds. The number of hydrogen-bond donors (Lipinski definition) is 2. The summed E-state index contributed by atoms with van der Waals surface area (Å²) in [6.07, 6.45) is 0. The number of ether oxygens (including phenoxy) is 1. The van der Waals surface area contributed by atoms with Crippen molar-refractivity contribution in [1.82, 2.24) is 4.90 Å². The number of phenolic OH excluding ortho intramolecular Hbond substituents is 1. The van der Waals surface area contributed by atoms with Crippen molar-refractivity contribution in [2.45, 2.75) is 26.4 Å². The first-order valence-corrected chi connectivity index (χ1v) is 6.17. The molecule has 0 spiro atoms. The average Bonchev–Trinajstić information content (AvgIpc) is 2.34. The summed E-state index contributed by atoms with van der Waals surface area (Å²) in [6, 6.07) is 4.50. The quantitative estimate of drug-likeness (QED) is 0.850. The lowest BCUT2D eigenvalue weighted by Gasteiger charge is -2.28. The van der Waals surface area contributed by atoms with E-state index in [4.69, 9.17) is 4.74 Å². The lowest BCUT2D eigenvalue weighted by Crippen LogP contribution is -2.42. The van der Waals surface area contributed by atoms with Crippen molar-refractivity contribution in [2.24, 2.45) is 0 Å². The molecule has 0 radical (unpaired) electrons. The molecule has 0 aliphatic carbocycles. The van der Waals surface area contributed by atoms with E-state index in [0.717, 1.165) is 0 Å². The van der Waals surface area contributed by atoms with E-state index >= 15 is 0 Å². The summed E-state index contributed by atoms with van der Waals surface area (Å²) in [5.41, 5.74) is -0.593. The molecule has 1 aromatic carbocycles. The van der Waals surface area contributed by atoms with Crippen molar-refractivity contribution in [3.63, 3.8) is 0 Å². The molecule has 0 saturated heterocycles. The number of methoxy groups -OCH3 is 1. The first-order chi connectivity index (χ1) is 8.78. The lowest BCUT2D eigenvalue weighted by molar-refractivity contribution is 0.0314. The Balaban J connectivity index is 2.95. The van der Waals surface area contributed by atoms with E-state index in [1.54, 1.807) is 26.0 Å². The summed E-state index contributed by atoms with van der Waals surface area (Å²) in [5, 5.41) is 19.5. The molecule has 0 atom stereocenters. The Labute approximate surface area is 113 Å². The molecule has 0 bridgehead atoms. The van der Waals surface area contributed by atoms with Crippen LogP contribution in [0.15, 0.2) is 18.2 Å². The van der Waals surface area contributed by atoms with Gasteiger partial charge in [-0.05, 0) is 39.0 Å². The van der Waals surface area contributed by atoms with Gasteiger partial charge in [-0.25, -0.2) is 0 Å². The molecule has 2 N–H and O–H groups in total. The molecule has 19 heavy (non-hydrogen) atoms. The standard InChI is InChI=1S/C14H21NO4/c1-5-15(9-14(2,3)18)13(17)10-6-7-12(19-4)11(16)8-10/h6-8,16,18H,5,9H2,1-4H3. The number of rotatable bonds is 5. The van der Waals surface area contributed by atoms with Gasteiger partial charge in [-0.3, -0.25) is 4.79 Å². The maximum atomic E-state index is 12.3. The minimum atomic E-state index is -0.958. The molecule has 0 unspecified atom stereocenters. The summed E-state index contributed by atoms with van der Waals surface area (Å²) < 4.78 is 4.93. The highest BCUT2D eigenvalue weighted by molar-refractivity contribution is 5.95. The number of phenols is 1. The second-order valence-electron chi connectivity index (χ2n) is 5.02. The monoisotopic (exact) mass is 267 g/mol. The number of carbonyl (C=O) groups excluding carboxylic acids is 1. The number of amides is 1. The van der Waals surface area contributed by atoms with Gasteiger partial charge in [-0.2, -0.15) is 0 Å². The molecule has 106 valence electrons. The van der Waals surface area contributed by atoms with Crippen LogP contribution in [0.3, 0.4) is 0 Å². The molecule has 0 aliphatic rings. The second-order valence-corrected chi connectivity index (χ2v) is 5.02. The van der Waals surface area contributed by atoms with Gasteiger partial charge in [0.2, 0.25) is 0 Å². The predicted octanol–water partition coefficient (Wildman–Crippen LogP) is 1.63. The molecule has 5 heteroatoms. The highest BCUT2D eigenvalue weighted by Crippen LogP contribution is 2.26. The van der Waals surface area contributed by atoms with Crippen LogP contribution in [0.5, 0.6) is 11.5 Å². The van der Waals surface area contributed by atoms with Gasteiger partial charge in [0.15, 0.2) is 11.5 Å². The zero-order valence-corrected chi connectivity index (χ0v) is 11.8. The number of nitrogens with zero attached hydrogens (tertiary/aromatic N) is 1. The van der Waals surface area contributed by atoms with E-state index in [1.807, 2.05) is 6.92 Å².